The van der Waals surface area contributed by atoms with Crippen molar-refractivity contribution in [1.82, 2.24) is 9.80 Å². The van der Waals surface area contributed by atoms with Gasteiger partial charge < -0.3 is 9.80 Å². The highest BCUT2D eigenvalue weighted by Crippen LogP contribution is 2.33. The second-order valence-electron chi connectivity index (χ2n) is 4.69. The minimum Gasteiger partial charge on any atom is -0.339 e. The molecule has 1 atom stereocenters. The van der Waals surface area contributed by atoms with Crippen molar-refractivity contribution in [3.63, 3.8) is 0 Å². The van der Waals surface area contributed by atoms with Crippen LogP contribution >= 0.6 is 43.2 Å². The van der Waals surface area contributed by atoms with Crippen LogP contribution in [-0.2, 0) is 0 Å². The molecule has 0 bridgehead atoms. The Morgan fingerprint density at radius 1 is 1.61 bits per heavy atom. The molecule has 1 amide bonds. The molecule has 100 valence electrons. The third-order valence-electron chi connectivity index (χ3n) is 3.36. The van der Waals surface area contributed by atoms with Crippen LogP contribution in [0.2, 0.25) is 0 Å². The molecule has 1 saturated heterocycles. The number of likely N-dealkylation sites (N-methyl/N-ethyl adjacent to an activating group) is 2. The molecular weight excluding hydrogens is 380 g/mol. The molecule has 6 heteroatoms. The second-order valence-corrected chi connectivity index (χ2v) is 7.92. The molecule has 1 aromatic rings. The summed E-state index contributed by atoms with van der Waals surface area (Å²) >= 11 is 8.31. The maximum atomic E-state index is 12.3. The van der Waals surface area contributed by atoms with Gasteiger partial charge >= 0.3 is 0 Å². The highest BCUT2D eigenvalue weighted by atomic mass is 79.9. The molecular formula is C12H16Br2N2OS. The first-order valence-electron chi connectivity index (χ1n) is 5.89. The fourth-order valence-corrected chi connectivity index (χ4v) is 4.28. The van der Waals surface area contributed by atoms with Crippen molar-refractivity contribution < 1.29 is 4.79 Å². The summed E-state index contributed by atoms with van der Waals surface area (Å²) in [6.45, 7) is 1.95. The van der Waals surface area contributed by atoms with Crippen LogP contribution in [0.1, 0.15) is 22.5 Å². The number of rotatable bonds is 3. The van der Waals surface area contributed by atoms with Crippen molar-refractivity contribution in [2.24, 2.45) is 0 Å². The summed E-state index contributed by atoms with van der Waals surface area (Å²) in [7, 11) is 4.02. The third kappa shape index (κ3) is 3.15. The zero-order chi connectivity index (χ0) is 13.3. The summed E-state index contributed by atoms with van der Waals surface area (Å²) in [5.41, 5.74) is 0. The van der Waals surface area contributed by atoms with E-state index in [1.807, 2.05) is 18.0 Å². The van der Waals surface area contributed by atoms with E-state index in [0.717, 1.165) is 26.2 Å². The molecule has 3 nitrogen and oxygen atoms in total. The smallest absolute Gasteiger partial charge is 0.263 e. The Labute approximate surface area is 128 Å². The Balaban J connectivity index is 2.00. The minimum atomic E-state index is 0.103. The van der Waals surface area contributed by atoms with Crippen LogP contribution in [0.25, 0.3) is 0 Å². The molecule has 1 fully saturated rings. The number of halogens is 2. The van der Waals surface area contributed by atoms with Crippen molar-refractivity contribution in [1.29, 1.82) is 0 Å². The molecule has 1 aliphatic heterocycles. The number of hydrogen-bond donors (Lipinski definition) is 0. The number of carbonyl (C=O) groups excluding carboxylic acids is 1. The molecule has 1 unspecified atom stereocenters. The molecule has 18 heavy (non-hydrogen) atoms. The van der Waals surface area contributed by atoms with E-state index >= 15 is 0 Å². The quantitative estimate of drug-likeness (QED) is 0.782. The monoisotopic (exact) mass is 394 g/mol. The standard InChI is InChI=1S/C12H16Br2N2OS/c1-15-5-3-4-8(15)7-16(2)12(17)10-6-9(13)11(14)18-10/h6,8H,3-5,7H2,1-2H3. The summed E-state index contributed by atoms with van der Waals surface area (Å²) < 4.78 is 1.92. The average molecular weight is 396 g/mol. The van der Waals surface area contributed by atoms with Crippen LogP contribution in [0.4, 0.5) is 0 Å². The Bertz CT molecular complexity index is 430. The van der Waals surface area contributed by atoms with Crippen LogP contribution in [0.3, 0.4) is 0 Å². The fourth-order valence-electron chi connectivity index (χ4n) is 2.25. The van der Waals surface area contributed by atoms with E-state index < -0.39 is 0 Å². The van der Waals surface area contributed by atoms with E-state index in [9.17, 15) is 4.79 Å². The van der Waals surface area contributed by atoms with Crippen molar-refractivity contribution in [3.8, 4) is 0 Å². The first-order valence-corrected chi connectivity index (χ1v) is 8.30. The minimum absolute atomic E-state index is 0.103. The van der Waals surface area contributed by atoms with E-state index in [-0.39, 0.29) is 5.91 Å². The lowest BCUT2D eigenvalue weighted by Crippen LogP contribution is -2.39. The lowest BCUT2D eigenvalue weighted by atomic mass is 10.2. The number of carbonyl (C=O) groups is 1. The van der Waals surface area contributed by atoms with Gasteiger partial charge in [0.05, 0.1) is 8.66 Å². The Morgan fingerprint density at radius 3 is 2.83 bits per heavy atom. The van der Waals surface area contributed by atoms with Gasteiger partial charge in [-0.15, -0.1) is 11.3 Å². The van der Waals surface area contributed by atoms with Gasteiger partial charge in [0.1, 0.15) is 0 Å². The normalized spacial score (nSPS) is 20.3. The molecule has 0 aromatic carbocycles. The van der Waals surface area contributed by atoms with Crippen molar-refractivity contribution in [3.05, 3.63) is 19.2 Å². The SMILES string of the molecule is CN(CC1CCCN1C)C(=O)c1cc(Br)c(Br)s1. The largest absolute Gasteiger partial charge is 0.339 e. The molecule has 2 heterocycles. The maximum Gasteiger partial charge on any atom is 0.263 e. The zero-order valence-corrected chi connectivity index (χ0v) is 14.4. The first-order chi connectivity index (χ1) is 8.49. The number of hydrogen-bond acceptors (Lipinski definition) is 3. The Kier molecular flexibility index (Phi) is 4.86. The van der Waals surface area contributed by atoms with Crippen molar-refractivity contribution >= 4 is 49.1 Å². The number of thiophene rings is 1. The van der Waals surface area contributed by atoms with E-state index in [1.54, 1.807) is 0 Å². The van der Waals surface area contributed by atoms with Gasteiger partial charge in [0.2, 0.25) is 0 Å². The molecule has 1 aliphatic rings. The third-order valence-corrected chi connectivity index (χ3v) is 6.60. The van der Waals surface area contributed by atoms with Gasteiger partial charge in [-0.1, -0.05) is 0 Å². The van der Waals surface area contributed by atoms with E-state index in [0.29, 0.717) is 6.04 Å². The van der Waals surface area contributed by atoms with Gasteiger partial charge in [0.15, 0.2) is 0 Å². The Morgan fingerprint density at radius 2 is 2.33 bits per heavy atom. The predicted octanol–water partition coefficient (Wildman–Crippen LogP) is 3.44. The molecule has 0 aliphatic carbocycles. The second kappa shape index (κ2) is 6.03. The fraction of sp³-hybridized carbons (Fsp3) is 0.583. The summed E-state index contributed by atoms with van der Waals surface area (Å²) in [6, 6.07) is 2.39. The first kappa shape index (κ1) is 14.5. The van der Waals surface area contributed by atoms with E-state index in [1.165, 1.54) is 24.2 Å². The molecule has 0 saturated carbocycles. The zero-order valence-electron chi connectivity index (χ0n) is 10.4. The number of amides is 1. The lowest BCUT2D eigenvalue weighted by Gasteiger charge is -2.25. The van der Waals surface area contributed by atoms with Gasteiger partial charge in [-0.05, 0) is 64.4 Å². The molecule has 0 N–H and O–H groups in total. The van der Waals surface area contributed by atoms with E-state index in [2.05, 4.69) is 43.8 Å². The molecule has 2 rings (SSSR count). The molecule has 0 spiro atoms. The summed E-state index contributed by atoms with van der Waals surface area (Å²) in [4.78, 5) is 17.2. The van der Waals surface area contributed by atoms with Gasteiger partial charge in [0, 0.05) is 24.1 Å². The van der Waals surface area contributed by atoms with Crippen LogP contribution < -0.4 is 0 Å². The summed E-state index contributed by atoms with van der Waals surface area (Å²) in [5.74, 6) is 0.103. The molecule has 0 radical (unpaired) electrons. The van der Waals surface area contributed by atoms with Gasteiger partial charge in [-0.3, -0.25) is 4.79 Å². The highest BCUT2D eigenvalue weighted by molar-refractivity contribution is 9.13. The maximum absolute atomic E-state index is 12.3. The van der Waals surface area contributed by atoms with Gasteiger partial charge in [0.25, 0.3) is 5.91 Å². The summed E-state index contributed by atoms with van der Waals surface area (Å²) in [6.07, 6.45) is 2.42. The summed E-state index contributed by atoms with van der Waals surface area (Å²) in [5, 5.41) is 0. The lowest BCUT2D eigenvalue weighted by molar-refractivity contribution is 0.0766. The van der Waals surface area contributed by atoms with Crippen LogP contribution in [0, 0.1) is 0 Å². The van der Waals surface area contributed by atoms with Gasteiger partial charge in [-0.2, -0.15) is 0 Å². The van der Waals surface area contributed by atoms with Gasteiger partial charge in [-0.25, -0.2) is 0 Å². The Hall–Kier alpha value is 0.0900. The topological polar surface area (TPSA) is 23.6 Å². The predicted molar refractivity (Wildman–Crippen MR) is 82.3 cm³/mol. The van der Waals surface area contributed by atoms with Crippen molar-refractivity contribution in [2.45, 2.75) is 18.9 Å². The molecule has 1 aromatic heterocycles. The number of nitrogens with zero attached hydrogens (tertiary/aromatic N) is 2. The van der Waals surface area contributed by atoms with E-state index in [4.69, 9.17) is 0 Å². The van der Waals surface area contributed by atoms with Crippen molar-refractivity contribution in [2.75, 3.05) is 27.2 Å². The van der Waals surface area contributed by atoms with Crippen LogP contribution in [-0.4, -0.2) is 48.9 Å². The highest BCUT2D eigenvalue weighted by Gasteiger charge is 2.25. The number of likely N-dealkylation sites (tertiary alicyclic amines) is 1. The van der Waals surface area contributed by atoms with Crippen LogP contribution in [0.5, 0.6) is 0 Å². The average Bonchev–Trinajstić information content (AvgIpc) is 2.86. The van der Waals surface area contributed by atoms with Crippen LogP contribution in [0.15, 0.2) is 14.3 Å².